The molecule has 1 unspecified atom stereocenters. The van der Waals surface area contributed by atoms with E-state index in [1.807, 2.05) is 0 Å². The number of alkyl halides is 29. The molecule has 294 valence electrons. The van der Waals surface area contributed by atoms with Crippen molar-refractivity contribution in [1.29, 1.82) is 0 Å². The summed E-state index contributed by atoms with van der Waals surface area (Å²) in [6.45, 7) is -2.53. The van der Waals surface area contributed by atoms with E-state index in [-0.39, 0.29) is 0 Å². The van der Waals surface area contributed by atoms with Gasteiger partial charge in [-0.15, -0.1) is 4.52 Å². The lowest BCUT2D eigenvalue weighted by Crippen LogP contribution is -2.79. The van der Waals surface area contributed by atoms with Crippen LogP contribution in [0.25, 0.3) is 0 Å². The van der Waals surface area contributed by atoms with Crippen molar-refractivity contribution < 1.29 is 141 Å². The Morgan fingerprint density at radius 1 is 0.347 bits per heavy atom. The van der Waals surface area contributed by atoms with Crippen LogP contribution in [0.5, 0.6) is 0 Å². The smallest absolute Gasteiger partial charge is 0.488 e. The monoisotopic (exact) mass is 826 g/mol. The van der Waals surface area contributed by atoms with E-state index in [0.717, 1.165) is 0 Å². The molecule has 0 saturated carbocycles. The minimum absolute atomic E-state index is 2.53. The summed E-state index contributed by atoms with van der Waals surface area (Å²) in [6.07, 6.45) is -11.7. The molecule has 0 saturated heterocycles. The van der Waals surface area contributed by atoms with E-state index in [2.05, 4.69) is 4.52 Å². The predicted octanol–water partition coefficient (Wildman–Crippen LogP) is 9.23. The van der Waals surface area contributed by atoms with Gasteiger partial charge < -0.3 is 4.89 Å². The van der Waals surface area contributed by atoms with Gasteiger partial charge in [-0.1, -0.05) is 0 Å². The van der Waals surface area contributed by atoms with Crippen molar-refractivity contribution in [3.63, 3.8) is 0 Å². The quantitative estimate of drug-likeness (QED) is 0.115. The zero-order valence-corrected chi connectivity index (χ0v) is 21.9. The molecule has 0 aliphatic carbocycles. The Balaban J connectivity index is 7.43. The third kappa shape index (κ3) is 5.98. The minimum atomic E-state index is -9.98. The molecule has 0 aromatic rings. The maximum atomic E-state index is 13.8. The average molecular weight is 826 g/mol. The molecule has 0 fully saturated rings. The Morgan fingerprint density at radius 3 is 0.714 bits per heavy atom. The zero-order chi connectivity index (χ0) is 40.7. The molecule has 0 bridgehead atoms. The first-order valence-corrected chi connectivity index (χ1v) is 11.5. The van der Waals surface area contributed by atoms with Crippen molar-refractivity contribution >= 4 is 8.25 Å². The first-order chi connectivity index (χ1) is 20.7. The van der Waals surface area contributed by atoms with Crippen LogP contribution in [0.1, 0.15) is 6.42 Å². The second-order valence-electron chi connectivity index (χ2n) is 8.90. The van der Waals surface area contributed by atoms with Gasteiger partial charge in [0.05, 0.1) is 0 Å². The lowest BCUT2D eigenvalue weighted by molar-refractivity contribution is -0.487. The Labute approximate surface area is 247 Å². The predicted molar refractivity (Wildman–Crippen MR) is 88.5 cm³/mol. The van der Waals surface area contributed by atoms with E-state index in [0.29, 0.717) is 0 Å². The second kappa shape index (κ2) is 12.0. The summed E-state index contributed by atoms with van der Waals surface area (Å²) in [5.41, 5.74) is 0. The zero-order valence-electron chi connectivity index (χ0n) is 21.0. The fraction of sp³-hybridized carbons (Fsp3) is 1.00. The molecule has 1 atom stereocenters. The van der Waals surface area contributed by atoms with Gasteiger partial charge >= 0.3 is 91.4 Å². The van der Waals surface area contributed by atoms with Crippen LogP contribution < -0.4 is 4.89 Å². The largest absolute Gasteiger partial charge is 0.566 e. The average Bonchev–Trinajstić information content (AvgIpc) is 2.86. The summed E-state index contributed by atoms with van der Waals surface area (Å²) < 4.78 is 401. The fourth-order valence-corrected chi connectivity index (χ4v) is 3.03. The van der Waals surface area contributed by atoms with Crippen LogP contribution in [0.15, 0.2) is 0 Å². The Morgan fingerprint density at radius 2 is 0.531 bits per heavy atom. The Hall–Kier alpha value is -2.01. The van der Waals surface area contributed by atoms with Crippen molar-refractivity contribution in [2.45, 2.75) is 89.6 Å². The van der Waals surface area contributed by atoms with Gasteiger partial charge in [0.1, 0.15) is 6.61 Å². The van der Waals surface area contributed by atoms with Crippen molar-refractivity contribution in [1.82, 2.24) is 0 Å². The lowest BCUT2D eigenvalue weighted by Gasteiger charge is -2.46. The van der Waals surface area contributed by atoms with E-state index in [9.17, 15) is 137 Å². The minimum Gasteiger partial charge on any atom is -0.566 e. The highest BCUT2D eigenvalue weighted by Gasteiger charge is 3.00. The van der Waals surface area contributed by atoms with Gasteiger partial charge in [0, 0.05) is 6.42 Å². The molecule has 0 spiro atoms. The third-order valence-corrected chi connectivity index (χ3v) is 6.16. The first kappa shape index (κ1) is 47.0. The molecule has 0 aliphatic heterocycles. The van der Waals surface area contributed by atoms with Crippen LogP contribution in [0, 0.1) is 0 Å². The summed E-state index contributed by atoms with van der Waals surface area (Å²) in [7, 11) is -4.42. The highest BCUT2D eigenvalue weighted by atomic mass is 31.1. The van der Waals surface area contributed by atoms with Gasteiger partial charge in [0.25, 0.3) is 0 Å². The molecule has 0 amide bonds. The SMILES string of the molecule is O=[P+]([O-])OCCC(F)(F)C(F)(F)C(F)(F)C(F)(F)C(F)(F)C(F)(F)C(F)(F)C(F)(F)C(F)(F)C(F)(F)C(F)(F)C(F)(F)C(F)(F)C(F)(F)F. The molecule has 0 rings (SSSR count). The van der Waals surface area contributed by atoms with E-state index in [4.69, 9.17) is 0 Å². The van der Waals surface area contributed by atoms with E-state index in [1.165, 1.54) is 0 Å². The normalized spacial score (nSPS) is 17.1. The summed E-state index contributed by atoms with van der Waals surface area (Å²) in [5, 5.41) is 0. The number of hydrogen-bond donors (Lipinski definition) is 0. The fourth-order valence-electron chi connectivity index (χ4n) is 2.78. The molecule has 0 aromatic heterocycles. The van der Waals surface area contributed by atoms with Gasteiger partial charge in [0.15, 0.2) is 0 Å². The van der Waals surface area contributed by atoms with Crippen LogP contribution in [-0.4, -0.2) is 89.8 Å². The Kier molecular flexibility index (Phi) is 11.5. The highest BCUT2D eigenvalue weighted by molar-refractivity contribution is 7.30. The van der Waals surface area contributed by atoms with Crippen molar-refractivity contribution in [2.75, 3.05) is 6.61 Å². The van der Waals surface area contributed by atoms with Gasteiger partial charge in [-0.25, -0.2) is 0 Å². The van der Waals surface area contributed by atoms with E-state index in [1.54, 1.807) is 0 Å². The first-order valence-electron chi connectivity index (χ1n) is 10.4. The van der Waals surface area contributed by atoms with Gasteiger partial charge in [-0.2, -0.15) is 127 Å². The van der Waals surface area contributed by atoms with Crippen LogP contribution in [-0.2, 0) is 9.09 Å². The van der Waals surface area contributed by atoms with Crippen LogP contribution >= 0.6 is 8.25 Å². The molecular weight excluding hydrogens is 822 g/mol. The number of hydrogen-bond acceptors (Lipinski definition) is 3. The van der Waals surface area contributed by atoms with E-state index >= 15 is 0 Å². The summed E-state index contributed by atoms with van der Waals surface area (Å²) >= 11 is 0. The van der Waals surface area contributed by atoms with E-state index < -0.39 is 104 Å². The van der Waals surface area contributed by atoms with Gasteiger partial charge in [-0.3, -0.25) is 0 Å². The molecule has 0 radical (unpaired) electrons. The van der Waals surface area contributed by atoms with Crippen molar-refractivity contribution in [3.05, 3.63) is 0 Å². The Bertz CT molecular complexity index is 1220. The van der Waals surface area contributed by atoms with Crippen LogP contribution in [0.2, 0.25) is 0 Å². The summed E-state index contributed by atoms with van der Waals surface area (Å²) in [6, 6.07) is 0. The topological polar surface area (TPSA) is 49.4 Å². The molecule has 0 aromatic carbocycles. The summed E-state index contributed by atoms with van der Waals surface area (Å²) in [4.78, 5) is 9.97. The highest BCUT2D eigenvalue weighted by Crippen LogP contribution is 2.69. The third-order valence-electron chi connectivity index (χ3n) is 5.77. The summed E-state index contributed by atoms with van der Waals surface area (Å²) in [5.74, 6) is -121. The molecule has 0 heterocycles. The molecule has 0 N–H and O–H groups in total. The van der Waals surface area contributed by atoms with Crippen LogP contribution in [0.3, 0.4) is 0 Å². The molecule has 3 nitrogen and oxygen atoms in total. The number of halogens is 29. The maximum Gasteiger partial charge on any atom is 0.488 e. The van der Waals surface area contributed by atoms with Gasteiger partial charge in [-0.05, 0) is 4.57 Å². The lowest BCUT2D eigenvalue weighted by atomic mass is 9.83. The van der Waals surface area contributed by atoms with Crippen molar-refractivity contribution in [3.8, 4) is 0 Å². The molecule has 49 heavy (non-hydrogen) atoms. The number of rotatable bonds is 16. The molecule has 33 heteroatoms. The standard InChI is InChI=1S/C16H4F29O3P/c17-3(18,1-2-48-49(46)47)4(19,20)5(21,22)6(23,24)7(25,26)8(27,28)9(29,30)10(31,32)11(33,34)12(35,36)13(37,38)14(39,40)15(41,42)16(43,44)45/h1-2H2. The molecular formula is C16H4F29O3P. The second-order valence-corrected chi connectivity index (χ2v) is 9.61. The molecule has 0 aliphatic rings. The van der Waals surface area contributed by atoms with Gasteiger partial charge in [0.2, 0.25) is 0 Å². The van der Waals surface area contributed by atoms with Crippen LogP contribution in [0.4, 0.5) is 127 Å². The maximum absolute atomic E-state index is 13.8. The van der Waals surface area contributed by atoms with Crippen molar-refractivity contribution in [2.24, 2.45) is 0 Å².